The molecule has 0 aliphatic rings. The largest absolute Gasteiger partial charge is 2.00 e. The van der Waals surface area contributed by atoms with Crippen molar-refractivity contribution < 1.29 is 38.1 Å². The Morgan fingerprint density at radius 3 is 0.889 bits per heavy atom. The summed E-state index contributed by atoms with van der Waals surface area (Å²) >= 11 is 0. The Morgan fingerprint density at radius 2 is 0.889 bits per heavy atom. The summed E-state index contributed by atoms with van der Waals surface area (Å²) < 4.78 is 8.55. The second-order valence-electron chi connectivity index (χ2n) is 0.447. The molecule has 0 fully saturated rings. The van der Waals surface area contributed by atoms with Gasteiger partial charge in [0.05, 0.1) is 0 Å². The minimum absolute atomic E-state index is 0. The molecule has 0 heterocycles. The maximum Gasteiger partial charge on any atom is 2.00 e. The van der Waals surface area contributed by atoms with E-state index in [0.29, 0.717) is 0 Å². The van der Waals surface area contributed by atoms with E-state index in [4.69, 9.17) is 19.2 Å². The molecule has 0 aromatic rings. The molecule has 0 rings (SSSR count). The van der Waals surface area contributed by atoms with Gasteiger partial charge in [0, 0.05) is 0 Å². The molecule has 0 saturated carbocycles. The van der Waals surface area contributed by atoms with Crippen LogP contribution < -0.4 is 33.5 Å². The Hall–Kier alpha value is 4.49. The van der Waals surface area contributed by atoms with Crippen LogP contribution in [0.5, 0.6) is 0 Å². The number of phosphoric acid groups is 1. The van der Waals surface area contributed by atoms with Crippen LogP contribution in [0.3, 0.4) is 0 Å². The summed E-state index contributed by atoms with van der Waals surface area (Å²) in [4.78, 5) is 25.6. The SMILES string of the molecule is O=P([O-])([O-])[O-].[Ca+2].[Ca+2].[Ca+2].[Li+]. The number of hydrogen-bond donors (Lipinski definition) is 0. The molecule has 0 N–H and O–H groups in total. The topological polar surface area (TPSA) is 86.2 Å². The summed E-state index contributed by atoms with van der Waals surface area (Å²) in [7, 11) is -5.39. The van der Waals surface area contributed by atoms with Crippen LogP contribution in [-0.2, 0) is 4.57 Å². The van der Waals surface area contributed by atoms with E-state index in [-0.39, 0.29) is 132 Å². The predicted molar refractivity (Wildman–Crippen MR) is 24.9 cm³/mol. The first-order valence-corrected chi connectivity index (χ1v) is 2.19. The van der Waals surface area contributed by atoms with Crippen LogP contribution in [0.4, 0.5) is 0 Å². The molecular formula is Ca3LiO4P+4. The summed E-state index contributed by atoms with van der Waals surface area (Å²) in [6.45, 7) is 0. The summed E-state index contributed by atoms with van der Waals surface area (Å²) in [6, 6.07) is 0. The molecule has 9 heteroatoms. The van der Waals surface area contributed by atoms with Crippen molar-refractivity contribution in [2.75, 3.05) is 0 Å². The van der Waals surface area contributed by atoms with Gasteiger partial charge in [0.15, 0.2) is 0 Å². The van der Waals surface area contributed by atoms with Crippen LogP contribution in [0, 0.1) is 0 Å². The molecule has 0 aromatic heterocycles. The van der Waals surface area contributed by atoms with E-state index in [2.05, 4.69) is 0 Å². The van der Waals surface area contributed by atoms with Gasteiger partial charge in [-0.15, -0.1) is 0 Å². The fraction of sp³-hybridized carbons (Fsp3) is 0. The van der Waals surface area contributed by atoms with Crippen molar-refractivity contribution in [3.8, 4) is 0 Å². The molecule has 0 aromatic carbocycles. The quantitative estimate of drug-likeness (QED) is 0.301. The van der Waals surface area contributed by atoms with Crippen LogP contribution in [0.15, 0.2) is 0 Å². The second kappa shape index (κ2) is 15.0. The molecule has 0 radical (unpaired) electrons. The van der Waals surface area contributed by atoms with E-state index in [9.17, 15) is 0 Å². The van der Waals surface area contributed by atoms with Gasteiger partial charge in [-0.05, 0) is 0 Å². The summed E-state index contributed by atoms with van der Waals surface area (Å²) in [5.41, 5.74) is 0. The van der Waals surface area contributed by atoms with Crippen molar-refractivity contribution in [3.63, 3.8) is 0 Å². The molecule has 0 atom stereocenters. The van der Waals surface area contributed by atoms with Crippen molar-refractivity contribution in [2.24, 2.45) is 0 Å². The van der Waals surface area contributed by atoms with Crippen molar-refractivity contribution in [1.29, 1.82) is 0 Å². The fourth-order valence-corrected chi connectivity index (χ4v) is 0. The first-order valence-electron chi connectivity index (χ1n) is 0.730. The Balaban J connectivity index is -0.0000000133. The van der Waals surface area contributed by atoms with Gasteiger partial charge in [0.1, 0.15) is 0 Å². The molecule has 4 nitrogen and oxygen atoms in total. The minimum atomic E-state index is -5.39. The Morgan fingerprint density at radius 1 is 0.889 bits per heavy atom. The van der Waals surface area contributed by atoms with Crippen molar-refractivity contribution in [3.05, 3.63) is 0 Å². The van der Waals surface area contributed by atoms with E-state index in [1.165, 1.54) is 0 Å². The standard InChI is InChI=1S/3Ca.Li.H3O4P/c;;;;1-5(2,3)4/h;;;;(H3,1,2,3,4)/q3*+2;+1;/p-3. The van der Waals surface area contributed by atoms with Crippen LogP contribution in [0.25, 0.3) is 0 Å². The summed E-state index contributed by atoms with van der Waals surface area (Å²) in [5, 5.41) is 0. The normalized spacial score (nSPS) is 6.56. The molecule has 0 unspecified atom stereocenters. The van der Waals surface area contributed by atoms with E-state index in [0.717, 1.165) is 0 Å². The minimum Gasteiger partial charge on any atom is -0.822 e. The van der Waals surface area contributed by atoms with Gasteiger partial charge in [-0.25, -0.2) is 0 Å². The average molecular weight is 222 g/mol. The van der Waals surface area contributed by atoms with Crippen LogP contribution in [-0.4, -0.2) is 113 Å². The Bertz CT molecular complexity index is 61.9. The maximum absolute atomic E-state index is 8.55. The molecule has 0 bridgehead atoms. The summed E-state index contributed by atoms with van der Waals surface area (Å²) in [6.07, 6.45) is 0. The van der Waals surface area contributed by atoms with E-state index in [1.54, 1.807) is 0 Å². The zero-order valence-corrected chi connectivity index (χ0v) is 12.7. The third-order valence-corrected chi connectivity index (χ3v) is 0. The third kappa shape index (κ3) is 68.2. The van der Waals surface area contributed by atoms with Crippen LogP contribution in [0.2, 0.25) is 0 Å². The average Bonchev–Trinajstić information content (AvgIpc) is 0.722. The fourth-order valence-electron chi connectivity index (χ4n) is 0. The van der Waals surface area contributed by atoms with Gasteiger partial charge in [0.25, 0.3) is 0 Å². The van der Waals surface area contributed by atoms with Gasteiger partial charge in [-0.3, -0.25) is 0 Å². The number of hydrogen-bond acceptors (Lipinski definition) is 4. The molecule has 9 heavy (non-hydrogen) atoms. The van der Waals surface area contributed by atoms with Crippen molar-refractivity contribution >= 4 is 121 Å². The molecule has 0 aliphatic carbocycles. The Kier molecular flexibility index (Phi) is 48.6. The molecule has 0 saturated heterocycles. The van der Waals surface area contributed by atoms with Gasteiger partial charge in [0.2, 0.25) is 0 Å². The molecule has 0 aliphatic heterocycles. The van der Waals surface area contributed by atoms with Crippen molar-refractivity contribution in [1.82, 2.24) is 0 Å². The second-order valence-corrected chi connectivity index (χ2v) is 1.34. The zero-order chi connectivity index (χ0) is 4.50. The number of rotatable bonds is 0. The first kappa shape index (κ1) is 29.2. The monoisotopic (exact) mass is 222 g/mol. The van der Waals surface area contributed by atoms with Gasteiger partial charge in [-0.2, -0.15) is 7.82 Å². The van der Waals surface area contributed by atoms with Gasteiger partial charge < -0.3 is 19.2 Å². The third-order valence-electron chi connectivity index (χ3n) is 0. The Labute approximate surface area is 155 Å². The zero-order valence-electron chi connectivity index (χ0n) is 5.20. The van der Waals surface area contributed by atoms with Crippen LogP contribution in [0.1, 0.15) is 0 Å². The van der Waals surface area contributed by atoms with Gasteiger partial charge in [-0.1, -0.05) is 0 Å². The van der Waals surface area contributed by atoms with Crippen molar-refractivity contribution in [2.45, 2.75) is 0 Å². The molecular weight excluding hydrogens is 222 g/mol. The molecule has 0 amide bonds. The van der Waals surface area contributed by atoms with E-state index < -0.39 is 7.82 Å². The molecule has 0 spiro atoms. The van der Waals surface area contributed by atoms with Crippen LogP contribution >= 0.6 is 7.82 Å². The van der Waals surface area contributed by atoms with Gasteiger partial charge >= 0.3 is 132 Å². The smallest absolute Gasteiger partial charge is 0.822 e. The predicted octanol–water partition coefficient (Wildman–Crippen LogP) is -6.96. The maximum atomic E-state index is 8.55. The summed E-state index contributed by atoms with van der Waals surface area (Å²) in [5.74, 6) is 0. The first-order chi connectivity index (χ1) is 2.00. The van der Waals surface area contributed by atoms with E-state index in [1.807, 2.05) is 0 Å². The molecule has 32 valence electrons. The van der Waals surface area contributed by atoms with E-state index >= 15 is 0 Å².